The average molecular weight is 519 g/mol. The Balaban J connectivity index is 1.45. The molecular formula is C34H31FN2O2. The number of amides is 1. The fraction of sp³-hybridized carbons (Fsp3) is 0.147. The SMILES string of the molecule is CCN(CC)C(=O)Oc1ccc2c(ccn2Cc2ccc(C=Cc3ccccc3)cc2)c1-c1ccc(F)cc1. The predicted molar refractivity (Wildman–Crippen MR) is 157 cm³/mol. The maximum atomic E-state index is 13.7. The Bertz CT molecular complexity index is 1580. The summed E-state index contributed by atoms with van der Waals surface area (Å²) in [4.78, 5) is 14.4. The molecule has 5 heteroatoms. The molecule has 4 aromatic carbocycles. The Labute approximate surface area is 228 Å². The van der Waals surface area contributed by atoms with Gasteiger partial charge in [0.15, 0.2) is 0 Å². The van der Waals surface area contributed by atoms with Gasteiger partial charge in [-0.05, 0) is 66.4 Å². The second-order valence-electron chi connectivity index (χ2n) is 9.35. The molecule has 0 radical (unpaired) electrons. The van der Waals surface area contributed by atoms with Crippen molar-refractivity contribution >= 4 is 29.1 Å². The van der Waals surface area contributed by atoms with Crippen molar-refractivity contribution in [1.29, 1.82) is 0 Å². The average Bonchev–Trinajstić information content (AvgIpc) is 3.37. The van der Waals surface area contributed by atoms with Gasteiger partial charge >= 0.3 is 6.09 Å². The molecule has 4 nitrogen and oxygen atoms in total. The first-order valence-electron chi connectivity index (χ1n) is 13.2. The van der Waals surface area contributed by atoms with Crippen molar-refractivity contribution in [3.63, 3.8) is 0 Å². The Morgan fingerprint density at radius 1 is 0.821 bits per heavy atom. The van der Waals surface area contributed by atoms with Crippen molar-refractivity contribution in [2.75, 3.05) is 13.1 Å². The number of hydrogen-bond acceptors (Lipinski definition) is 2. The van der Waals surface area contributed by atoms with Crippen molar-refractivity contribution in [2.45, 2.75) is 20.4 Å². The molecule has 1 heterocycles. The molecule has 5 rings (SSSR count). The molecule has 0 aliphatic carbocycles. The molecule has 1 amide bonds. The number of carbonyl (C=O) groups is 1. The first-order valence-corrected chi connectivity index (χ1v) is 13.2. The largest absolute Gasteiger partial charge is 0.415 e. The van der Waals surface area contributed by atoms with E-state index >= 15 is 0 Å². The number of hydrogen-bond donors (Lipinski definition) is 0. The summed E-state index contributed by atoms with van der Waals surface area (Å²) >= 11 is 0. The number of ether oxygens (including phenoxy) is 1. The molecule has 0 saturated carbocycles. The maximum Gasteiger partial charge on any atom is 0.415 e. The van der Waals surface area contributed by atoms with Gasteiger partial charge in [-0.3, -0.25) is 0 Å². The van der Waals surface area contributed by atoms with E-state index in [-0.39, 0.29) is 5.82 Å². The first-order chi connectivity index (χ1) is 19.1. The first kappa shape index (κ1) is 26.0. The molecular weight excluding hydrogens is 487 g/mol. The highest BCUT2D eigenvalue weighted by Gasteiger charge is 2.19. The highest BCUT2D eigenvalue weighted by atomic mass is 19.1. The lowest BCUT2D eigenvalue weighted by atomic mass is 10.0. The third-order valence-electron chi connectivity index (χ3n) is 6.87. The van der Waals surface area contributed by atoms with Crippen molar-refractivity contribution in [2.24, 2.45) is 0 Å². The predicted octanol–water partition coefficient (Wildman–Crippen LogP) is 8.51. The zero-order chi connectivity index (χ0) is 27.2. The van der Waals surface area contributed by atoms with Gasteiger partial charge in [0.25, 0.3) is 0 Å². The molecule has 0 N–H and O–H groups in total. The van der Waals surface area contributed by atoms with E-state index in [0.717, 1.165) is 27.6 Å². The van der Waals surface area contributed by atoms with Crippen molar-refractivity contribution < 1.29 is 13.9 Å². The van der Waals surface area contributed by atoms with E-state index in [1.807, 2.05) is 56.4 Å². The summed E-state index contributed by atoms with van der Waals surface area (Å²) < 4.78 is 21.8. The van der Waals surface area contributed by atoms with Gasteiger partial charge in [-0.2, -0.15) is 0 Å². The fourth-order valence-electron chi connectivity index (χ4n) is 4.72. The molecule has 1 aromatic heterocycles. The minimum Gasteiger partial charge on any atom is -0.410 e. The van der Waals surface area contributed by atoms with Gasteiger partial charge < -0.3 is 14.2 Å². The molecule has 0 aliphatic heterocycles. The molecule has 0 unspecified atom stereocenters. The smallest absolute Gasteiger partial charge is 0.410 e. The number of benzene rings is 4. The second-order valence-corrected chi connectivity index (χ2v) is 9.35. The standard InChI is InChI=1S/C34H31FN2O2/c1-3-36(4-2)34(38)39-32-21-20-31-30(33(32)28-16-18-29(35)19-17-28)22-23-37(31)24-27-14-12-26(13-15-27)11-10-25-8-6-5-7-9-25/h5-23H,3-4,24H2,1-2H3. The van der Waals surface area contributed by atoms with E-state index in [4.69, 9.17) is 4.74 Å². The van der Waals surface area contributed by atoms with Crippen LogP contribution in [0.1, 0.15) is 30.5 Å². The number of fused-ring (bicyclic) bond motifs is 1. The Hall–Kier alpha value is -4.64. The van der Waals surface area contributed by atoms with Crippen LogP contribution in [0.2, 0.25) is 0 Å². The van der Waals surface area contributed by atoms with Crippen LogP contribution in [-0.2, 0) is 6.54 Å². The number of nitrogens with zero attached hydrogens (tertiary/aromatic N) is 2. The highest BCUT2D eigenvalue weighted by Crippen LogP contribution is 2.38. The summed E-state index contributed by atoms with van der Waals surface area (Å²) in [5.74, 6) is 0.144. The van der Waals surface area contributed by atoms with Crippen LogP contribution in [0.3, 0.4) is 0 Å². The third-order valence-corrected chi connectivity index (χ3v) is 6.87. The number of aromatic nitrogens is 1. The fourth-order valence-corrected chi connectivity index (χ4v) is 4.72. The van der Waals surface area contributed by atoms with Crippen molar-refractivity contribution in [1.82, 2.24) is 9.47 Å². The van der Waals surface area contributed by atoms with E-state index in [2.05, 4.69) is 53.1 Å². The molecule has 0 atom stereocenters. The summed E-state index contributed by atoms with van der Waals surface area (Å²) in [6, 6.07) is 30.9. The van der Waals surface area contributed by atoms with Gasteiger partial charge in [-0.1, -0.05) is 78.9 Å². The van der Waals surface area contributed by atoms with Crippen molar-refractivity contribution in [3.05, 3.63) is 126 Å². The van der Waals surface area contributed by atoms with E-state index < -0.39 is 6.09 Å². The summed E-state index contributed by atoms with van der Waals surface area (Å²) in [6.45, 7) is 5.64. The lowest BCUT2D eigenvalue weighted by molar-refractivity contribution is 0.157. The van der Waals surface area contributed by atoms with Gasteiger partial charge in [0.2, 0.25) is 0 Å². The molecule has 0 saturated heterocycles. The van der Waals surface area contributed by atoms with Gasteiger partial charge in [-0.15, -0.1) is 0 Å². The molecule has 196 valence electrons. The van der Waals surface area contributed by atoms with Crippen LogP contribution in [0.15, 0.2) is 103 Å². The van der Waals surface area contributed by atoms with E-state index in [0.29, 0.717) is 25.4 Å². The number of halogens is 1. The lowest BCUT2D eigenvalue weighted by Crippen LogP contribution is -2.33. The minimum absolute atomic E-state index is 0.313. The summed E-state index contributed by atoms with van der Waals surface area (Å²) in [5, 5.41) is 0.939. The molecule has 39 heavy (non-hydrogen) atoms. The third kappa shape index (κ3) is 5.93. The monoisotopic (exact) mass is 518 g/mol. The van der Waals surface area contributed by atoms with Crippen LogP contribution in [0.4, 0.5) is 9.18 Å². The molecule has 0 aliphatic rings. The van der Waals surface area contributed by atoms with Crippen LogP contribution >= 0.6 is 0 Å². The van der Waals surface area contributed by atoms with Gasteiger partial charge in [-0.25, -0.2) is 9.18 Å². The zero-order valence-corrected chi connectivity index (χ0v) is 22.2. The Morgan fingerprint density at radius 3 is 2.15 bits per heavy atom. The normalized spacial score (nSPS) is 11.3. The van der Waals surface area contributed by atoms with Gasteiger partial charge in [0.1, 0.15) is 11.6 Å². The zero-order valence-electron chi connectivity index (χ0n) is 22.2. The summed E-state index contributed by atoms with van der Waals surface area (Å²) in [7, 11) is 0. The second kappa shape index (κ2) is 11.8. The molecule has 0 bridgehead atoms. The van der Waals surface area contributed by atoms with E-state index in [9.17, 15) is 9.18 Å². The lowest BCUT2D eigenvalue weighted by Gasteiger charge is -2.20. The molecule has 5 aromatic rings. The topological polar surface area (TPSA) is 34.5 Å². The van der Waals surface area contributed by atoms with Crippen molar-refractivity contribution in [3.8, 4) is 16.9 Å². The van der Waals surface area contributed by atoms with Crippen LogP contribution in [0.25, 0.3) is 34.2 Å². The van der Waals surface area contributed by atoms with Crippen LogP contribution in [0, 0.1) is 5.82 Å². The number of carbonyl (C=O) groups excluding carboxylic acids is 1. The maximum absolute atomic E-state index is 13.7. The van der Waals surface area contributed by atoms with Gasteiger partial charge in [0, 0.05) is 42.3 Å². The molecule has 0 fully saturated rings. The van der Waals surface area contributed by atoms with E-state index in [1.165, 1.54) is 23.3 Å². The Morgan fingerprint density at radius 2 is 1.49 bits per heavy atom. The quantitative estimate of drug-likeness (QED) is 0.193. The van der Waals surface area contributed by atoms with E-state index in [1.54, 1.807) is 17.0 Å². The minimum atomic E-state index is -0.399. The Kier molecular flexibility index (Phi) is 7.88. The van der Waals surface area contributed by atoms with Crippen LogP contribution in [-0.4, -0.2) is 28.6 Å². The molecule has 0 spiro atoms. The summed E-state index contributed by atoms with van der Waals surface area (Å²) in [5.41, 5.74) is 6.04. The van der Waals surface area contributed by atoms with Gasteiger partial charge in [0.05, 0.1) is 0 Å². The highest BCUT2D eigenvalue weighted by molar-refractivity contribution is 5.99. The number of rotatable bonds is 8. The van der Waals surface area contributed by atoms with Crippen LogP contribution in [0.5, 0.6) is 5.75 Å². The summed E-state index contributed by atoms with van der Waals surface area (Å²) in [6.07, 6.45) is 5.86. The van der Waals surface area contributed by atoms with Crippen LogP contribution < -0.4 is 4.74 Å².